The van der Waals surface area contributed by atoms with E-state index in [0.717, 1.165) is 32.5 Å². The van der Waals surface area contributed by atoms with Crippen LogP contribution in [0.25, 0.3) is 0 Å². The van der Waals surface area contributed by atoms with Gasteiger partial charge in [0, 0.05) is 31.8 Å². The first-order valence-electron chi connectivity index (χ1n) is 6.83. The molecule has 3 fully saturated rings. The summed E-state index contributed by atoms with van der Waals surface area (Å²) in [6.07, 6.45) is 2.16. The van der Waals surface area contributed by atoms with Gasteiger partial charge < -0.3 is 15.0 Å². The minimum absolute atomic E-state index is 0.0943. The fraction of sp³-hybridized carbons (Fsp3) is 0.923. The number of carbonyl (C=O) groups excluding carboxylic acids is 1. The van der Waals surface area contributed by atoms with Crippen LogP contribution >= 0.6 is 0 Å². The summed E-state index contributed by atoms with van der Waals surface area (Å²) in [4.78, 5) is 14.8. The Balaban J connectivity index is 1.76. The van der Waals surface area contributed by atoms with Gasteiger partial charge in [-0.25, -0.2) is 0 Å². The molecule has 4 heteroatoms. The van der Waals surface area contributed by atoms with E-state index in [-0.39, 0.29) is 12.0 Å². The minimum Gasteiger partial charge on any atom is -0.378 e. The van der Waals surface area contributed by atoms with Crippen LogP contribution in [0.3, 0.4) is 0 Å². The number of ether oxygens (including phenoxy) is 1. The van der Waals surface area contributed by atoms with Gasteiger partial charge in [0.05, 0.1) is 12.0 Å². The van der Waals surface area contributed by atoms with Crippen molar-refractivity contribution in [2.24, 2.45) is 11.8 Å². The zero-order valence-corrected chi connectivity index (χ0v) is 10.7. The summed E-state index contributed by atoms with van der Waals surface area (Å²) in [5.41, 5.74) is 0. The van der Waals surface area contributed by atoms with Gasteiger partial charge >= 0.3 is 0 Å². The number of hydrogen-bond donors (Lipinski definition) is 1. The Hall–Kier alpha value is -0.610. The van der Waals surface area contributed by atoms with Gasteiger partial charge in [0.25, 0.3) is 0 Å². The summed E-state index contributed by atoms with van der Waals surface area (Å²) in [6, 6.07) is 0.845. The molecule has 0 bridgehead atoms. The topological polar surface area (TPSA) is 41.6 Å². The molecule has 1 amide bonds. The fourth-order valence-corrected chi connectivity index (χ4v) is 3.79. The summed E-state index contributed by atoms with van der Waals surface area (Å²) >= 11 is 0. The van der Waals surface area contributed by atoms with Gasteiger partial charge in [-0.05, 0) is 32.6 Å². The van der Waals surface area contributed by atoms with E-state index in [9.17, 15) is 4.79 Å². The van der Waals surface area contributed by atoms with Crippen LogP contribution in [-0.4, -0.2) is 48.7 Å². The van der Waals surface area contributed by atoms with Crippen molar-refractivity contribution in [1.29, 1.82) is 0 Å². The average molecular weight is 238 g/mol. The zero-order valence-electron chi connectivity index (χ0n) is 10.7. The van der Waals surface area contributed by atoms with Crippen molar-refractivity contribution in [2.75, 3.05) is 19.7 Å². The molecule has 1 N–H and O–H groups in total. The quantitative estimate of drug-likeness (QED) is 0.728. The standard InChI is InChI=1S/C13H22N2O2/c1-8-5-10-6-14-7-12(10)15(8)13(16)11-3-4-17-9(11)2/h8-12,14H,3-7H2,1-2H3. The lowest BCUT2D eigenvalue weighted by molar-refractivity contribution is -0.139. The van der Waals surface area contributed by atoms with E-state index in [2.05, 4.69) is 17.1 Å². The SMILES string of the molecule is CC1OCCC1C(=O)N1C(C)CC2CNCC21. The number of carbonyl (C=O) groups is 1. The van der Waals surface area contributed by atoms with Crippen molar-refractivity contribution >= 4 is 5.91 Å². The first-order chi connectivity index (χ1) is 8.18. The third kappa shape index (κ3) is 1.78. The summed E-state index contributed by atoms with van der Waals surface area (Å²) in [5, 5.41) is 3.41. The lowest BCUT2D eigenvalue weighted by atomic mass is 9.99. The molecule has 0 aromatic carbocycles. The second kappa shape index (κ2) is 4.25. The van der Waals surface area contributed by atoms with E-state index in [1.54, 1.807) is 0 Å². The Morgan fingerprint density at radius 1 is 1.35 bits per heavy atom. The number of fused-ring (bicyclic) bond motifs is 1. The molecule has 0 spiro atoms. The van der Waals surface area contributed by atoms with Gasteiger partial charge in [0.15, 0.2) is 0 Å². The highest BCUT2D eigenvalue weighted by atomic mass is 16.5. The molecule has 96 valence electrons. The van der Waals surface area contributed by atoms with Crippen molar-refractivity contribution in [2.45, 2.75) is 44.9 Å². The highest BCUT2D eigenvalue weighted by Crippen LogP contribution is 2.35. The maximum absolute atomic E-state index is 12.6. The van der Waals surface area contributed by atoms with Crippen LogP contribution in [0.4, 0.5) is 0 Å². The van der Waals surface area contributed by atoms with Crippen molar-refractivity contribution in [3.63, 3.8) is 0 Å². The number of nitrogens with one attached hydrogen (secondary N) is 1. The number of hydrogen-bond acceptors (Lipinski definition) is 3. The molecule has 5 atom stereocenters. The van der Waals surface area contributed by atoms with Gasteiger partial charge in [-0.3, -0.25) is 4.79 Å². The van der Waals surface area contributed by atoms with Crippen LogP contribution in [0.1, 0.15) is 26.7 Å². The molecule has 0 aromatic rings. The second-order valence-corrected chi connectivity index (χ2v) is 5.79. The Kier molecular flexibility index (Phi) is 2.87. The molecular weight excluding hydrogens is 216 g/mol. The number of rotatable bonds is 1. The third-order valence-electron chi connectivity index (χ3n) is 4.73. The van der Waals surface area contributed by atoms with Crippen LogP contribution in [0.2, 0.25) is 0 Å². The minimum atomic E-state index is 0.0943. The lowest BCUT2D eigenvalue weighted by Gasteiger charge is -2.31. The first-order valence-corrected chi connectivity index (χ1v) is 6.83. The van der Waals surface area contributed by atoms with Crippen molar-refractivity contribution in [1.82, 2.24) is 10.2 Å². The third-order valence-corrected chi connectivity index (χ3v) is 4.73. The molecule has 3 aliphatic rings. The van der Waals surface area contributed by atoms with E-state index in [0.29, 0.717) is 23.9 Å². The molecular formula is C13H22N2O2. The average Bonchev–Trinajstić information content (AvgIpc) is 2.92. The number of likely N-dealkylation sites (tertiary alicyclic amines) is 1. The van der Waals surface area contributed by atoms with Crippen LogP contribution in [0.15, 0.2) is 0 Å². The molecule has 5 unspecified atom stereocenters. The van der Waals surface area contributed by atoms with Crippen LogP contribution in [-0.2, 0) is 9.53 Å². The lowest BCUT2D eigenvalue weighted by Crippen LogP contribution is -2.47. The molecule has 0 aromatic heterocycles. The Morgan fingerprint density at radius 3 is 2.88 bits per heavy atom. The fourth-order valence-electron chi connectivity index (χ4n) is 3.79. The van der Waals surface area contributed by atoms with Crippen LogP contribution in [0, 0.1) is 11.8 Å². The van der Waals surface area contributed by atoms with Crippen molar-refractivity contribution in [3.8, 4) is 0 Å². The first kappa shape index (κ1) is 11.5. The molecule has 17 heavy (non-hydrogen) atoms. The molecule has 0 saturated carbocycles. The number of nitrogens with zero attached hydrogens (tertiary/aromatic N) is 1. The molecule has 0 aliphatic carbocycles. The van der Waals surface area contributed by atoms with E-state index >= 15 is 0 Å². The van der Waals surface area contributed by atoms with Gasteiger partial charge in [-0.15, -0.1) is 0 Å². The van der Waals surface area contributed by atoms with E-state index < -0.39 is 0 Å². The van der Waals surface area contributed by atoms with Crippen LogP contribution in [0.5, 0.6) is 0 Å². The Morgan fingerprint density at radius 2 is 2.18 bits per heavy atom. The van der Waals surface area contributed by atoms with Gasteiger partial charge in [-0.1, -0.05) is 0 Å². The summed E-state index contributed by atoms with van der Waals surface area (Å²) in [7, 11) is 0. The predicted octanol–water partition coefficient (Wildman–Crippen LogP) is 0.620. The summed E-state index contributed by atoms with van der Waals surface area (Å²) in [5.74, 6) is 1.10. The molecule has 3 heterocycles. The summed E-state index contributed by atoms with van der Waals surface area (Å²) in [6.45, 7) is 7.02. The summed E-state index contributed by atoms with van der Waals surface area (Å²) < 4.78 is 5.53. The van der Waals surface area contributed by atoms with E-state index in [1.165, 1.54) is 0 Å². The highest BCUT2D eigenvalue weighted by Gasteiger charge is 2.47. The second-order valence-electron chi connectivity index (χ2n) is 5.79. The Labute approximate surface area is 103 Å². The zero-order chi connectivity index (χ0) is 12.0. The molecule has 3 saturated heterocycles. The van der Waals surface area contributed by atoms with E-state index in [1.807, 2.05) is 6.92 Å². The van der Waals surface area contributed by atoms with Crippen molar-refractivity contribution in [3.05, 3.63) is 0 Å². The molecule has 3 aliphatic heterocycles. The largest absolute Gasteiger partial charge is 0.378 e. The van der Waals surface area contributed by atoms with Crippen molar-refractivity contribution < 1.29 is 9.53 Å². The van der Waals surface area contributed by atoms with Gasteiger partial charge in [-0.2, -0.15) is 0 Å². The maximum atomic E-state index is 12.6. The van der Waals surface area contributed by atoms with E-state index in [4.69, 9.17) is 4.74 Å². The van der Waals surface area contributed by atoms with Gasteiger partial charge in [0.2, 0.25) is 5.91 Å². The molecule has 0 radical (unpaired) electrons. The predicted molar refractivity (Wildman–Crippen MR) is 64.6 cm³/mol. The normalized spacial score (nSPS) is 45.3. The van der Waals surface area contributed by atoms with Crippen LogP contribution < -0.4 is 5.32 Å². The smallest absolute Gasteiger partial charge is 0.228 e. The molecule has 3 rings (SSSR count). The number of amides is 1. The Bertz CT molecular complexity index is 321. The monoisotopic (exact) mass is 238 g/mol. The highest BCUT2D eigenvalue weighted by molar-refractivity contribution is 5.80. The van der Waals surface area contributed by atoms with Gasteiger partial charge in [0.1, 0.15) is 0 Å². The molecule has 4 nitrogen and oxygen atoms in total. The maximum Gasteiger partial charge on any atom is 0.228 e.